The summed E-state index contributed by atoms with van der Waals surface area (Å²) in [5.74, 6) is 1.22. The fraction of sp³-hybridized carbons (Fsp3) is 0.167. The highest BCUT2D eigenvalue weighted by Crippen LogP contribution is 2.32. The molecule has 0 aliphatic rings. The maximum absolute atomic E-state index is 12.3. The van der Waals surface area contributed by atoms with Crippen molar-refractivity contribution in [3.8, 4) is 11.5 Å². The summed E-state index contributed by atoms with van der Waals surface area (Å²) in [6, 6.07) is 12.9. The molecule has 2 aromatic carbocycles. The van der Waals surface area contributed by atoms with Crippen molar-refractivity contribution in [1.82, 2.24) is 0 Å². The normalized spacial score (nSPS) is 10.7. The molecule has 4 heteroatoms. The van der Waals surface area contributed by atoms with Gasteiger partial charge < -0.3 is 9.47 Å². The molecule has 0 saturated heterocycles. The summed E-state index contributed by atoms with van der Waals surface area (Å²) in [4.78, 5) is 12.3. The Bertz CT molecular complexity index is 692. The van der Waals surface area contributed by atoms with Gasteiger partial charge in [0.05, 0.1) is 13.7 Å². The van der Waals surface area contributed by atoms with Crippen LogP contribution in [0.15, 0.2) is 53.0 Å². The number of hydrogen-bond acceptors (Lipinski definition) is 3. The number of para-hydroxylation sites is 1. The molecule has 0 saturated carbocycles. The van der Waals surface area contributed by atoms with Crippen LogP contribution in [-0.4, -0.2) is 19.5 Å². The van der Waals surface area contributed by atoms with Crippen LogP contribution >= 0.6 is 15.9 Å². The molecule has 0 atom stereocenters. The van der Waals surface area contributed by atoms with E-state index in [-0.39, 0.29) is 5.78 Å². The highest BCUT2D eigenvalue weighted by molar-refractivity contribution is 9.10. The van der Waals surface area contributed by atoms with Gasteiger partial charge in [0.2, 0.25) is 0 Å². The second kappa shape index (κ2) is 7.80. The monoisotopic (exact) mass is 360 g/mol. The first-order valence-corrected chi connectivity index (χ1v) is 7.73. The third-order valence-electron chi connectivity index (χ3n) is 3.07. The number of allylic oxidation sites excluding steroid dienone is 1. The molecular formula is C18H17BrO3. The summed E-state index contributed by atoms with van der Waals surface area (Å²) in [5.41, 5.74) is 1.42. The summed E-state index contributed by atoms with van der Waals surface area (Å²) in [7, 11) is 1.59. The molecule has 22 heavy (non-hydrogen) atoms. The average Bonchev–Trinajstić information content (AvgIpc) is 2.53. The molecule has 0 heterocycles. The van der Waals surface area contributed by atoms with E-state index in [1.54, 1.807) is 19.3 Å². The molecule has 0 radical (unpaired) electrons. The van der Waals surface area contributed by atoms with Crippen molar-refractivity contribution >= 4 is 27.8 Å². The highest BCUT2D eigenvalue weighted by atomic mass is 79.9. The van der Waals surface area contributed by atoms with Gasteiger partial charge in [-0.15, -0.1) is 0 Å². The van der Waals surface area contributed by atoms with Gasteiger partial charge in [-0.1, -0.05) is 40.2 Å². The van der Waals surface area contributed by atoms with E-state index in [1.807, 2.05) is 43.3 Å². The molecule has 2 rings (SSSR count). The van der Waals surface area contributed by atoms with Crippen LogP contribution in [-0.2, 0) is 0 Å². The van der Waals surface area contributed by atoms with Crippen LogP contribution < -0.4 is 9.47 Å². The van der Waals surface area contributed by atoms with Crippen LogP contribution in [0.1, 0.15) is 22.8 Å². The Hall–Kier alpha value is -2.07. The van der Waals surface area contributed by atoms with E-state index in [2.05, 4.69) is 15.9 Å². The van der Waals surface area contributed by atoms with Crippen molar-refractivity contribution in [2.45, 2.75) is 6.92 Å². The van der Waals surface area contributed by atoms with Gasteiger partial charge in [-0.25, -0.2) is 0 Å². The number of carbonyl (C=O) groups excluding carboxylic acids is 1. The second-order valence-electron chi connectivity index (χ2n) is 4.49. The van der Waals surface area contributed by atoms with E-state index in [0.29, 0.717) is 23.7 Å². The minimum Gasteiger partial charge on any atom is -0.492 e. The molecule has 114 valence electrons. The summed E-state index contributed by atoms with van der Waals surface area (Å²) < 4.78 is 11.7. The van der Waals surface area contributed by atoms with Crippen molar-refractivity contribution in [3.05, 3.63) is 64.1 Å². The second-order valence-corrected chi connectivity index (χ2v) is 5.34. The number of halogens is 1. The van der Waals surface area contributed by atoms with Gasteiger partial charge in [0.25, 0.3) is 0 Å². The molecule has 0 N–H and O–H groups in total. The molecule has 0 aliphatic carbocycles. The molecule has 0 bridgehead atoms. The van der Waals surface area contributed by atoms with Crippen LogP contribution in [0.4, 0.5) is 0 Å². The fourth-order valence-electron chi connectivity index (χ4n) is 2.07. The van der Waals surface area contributed by atoms with Crippen LogP contribution in [0.3, 0.4) is 0 Å². The zero-order valence-corrected chi connectivity index (χ0v) is 14.1. The molecule has 0 amide bonds. The number of ether oxygens (including phenoxy) is 2. The molecule has 0 spiro atoms. The quantitative estimate of drug-likeness (QED) is 0.550. The molecule has 3 nitrogen and oxygen atoms in total. The summed E-state index contributed by atoms with van der Waals surface area (Å²) in [6.07, 6.45) is 3.27. The van der Waals surface area contributed by atoms with Gasteiger partial charge in [0.1, 0.15) is 0 Å². The van der Waals surface area contributed by atoms with Gasteiger partial charge in [-0.2, -0.15) is 0 Å². The molecule has 2 aromatic rings. The van der Waals surface area contributed by atoms with Crippen molar-refractivity contribution in [2.24, 2.45) is 0 Å². The number of rotatable bonds is 6. The molecule has 0 unspecified atom stereocenters. The van der Waals surface area contributed by atoms with Gasteiger partial charge in [-0.3, -0.25) is 4.79 Å². The lowest BCUT2D eigenvalue weighted by Crippen LogP contribution is -1.98. The highest BCUT2D eigenvalue weighted by Gasteiger charge is 2.09. The van der Waals surface area contributed by atoms with Gasteiger partial charge in [0, 0.05) is 15.6 Å². The van der Waals surface area contributed by atoms with Crippen LogP contribution in [0.5, 0.6) is 11.5 Å². The van der Waals surface area contributed by atoms with Crippen molar-refractivity contribution in [3.63, 3.8) is 0 Å². The largest absolute Gasteiger partial charge is 0.492 e. The van der Waals surface area contributed by atoms with E-state index in [1.165, 1.54) is 6.08 Å². The Morgan fingerprint density at radius 2 is 1.95 bits per heavy atom. The summed E-state index contributed by atoms with van der Waals surface area (Å²) in [6.45, 7) is 2.47. The van der Waals surface area contributed by atoms with E-state index in [9.17, 15) is 4.79 Å². The molecular weight excluding hydrogens is 344 g/mol. The number of carbonyl (C=O) groups is 1. The van der Waals surface area contributed by atoms with Crippen LogP contribution in [0.25, 0.3) is 6.08 Å². The van der Waals surface area contributed by atoms with E-state index in [0.717, 1.165) is 10.0 Å². The van der Waals surface area contributed by atoms with Crippen molar-refractivity contribution in [2.75, 3.05) is 13.7 Å². The van der Waals surface area contributed by atoms with Gasteiger partial charge in [-0.05, 0) is 37.3 Å². The minimum atomic E-state index is -0.0728. The lowest BCUT2D eigenvalue weighted by atomic mass is 10.1. The Morgan fingerprint density at radius 3 is 2.64 bits per heavy atom. The first kappa shape index (κ1) is 16.3. The Balaban J connectivity index is 2.28. The van der Waals surface area contributed by atoms with E-state index in [4.69, 9.17) is 9.47 Å². The first-order chi connectivity index (χ1) is 10.7. The van der Waals surface area contributed by atoms with Gasteiger partial charge in [0.15, 0.2) is 17.3 Å². The standard InChI is InChI=1S/C18H17BrO3/c1-3-22-17-10-6-7-13(18(17)21-2)11-12-16(20)14-8-4-5-9-15(14)19/h4-12H,3H2,1-2H3/b12-11+. The number of ketones is 1. The van der Waals surface area contributed by atoms with E-state index < -0.39 is 0 Å². The van der Waals surface area contributed by atoms with Crippen molar-refractivity contribution < 1.29 is 14.3 Å². The van der Waals surface area contributed by atoms with Crippen LogP contribution in [0.2, 0.25) is 0 Å². The lowest BCUT2D eigenvalue weighted by molar-refractivity contribution is 0.104. The maximum atomic E-state index is 12.3. The average molecular weight is 361 g/mol. The maximum Gasteiger partial charge on any atom is 0.186 e. The van der Waals surface area contributed by atoms with Crippen LogP contribution in [0, 0.1) is 0 Å². The number of benzene rings is 2. The zero-order chi connectivity index (χ0) is 15.9. The number of methoxy groups -OCH3 is 1. The topological polar surface area (TPSA) is 35.5 Å². The van der Waals surface area contributed by atoms with E-state index >= 15 is 0 Å². The predicted molar refractivity (Wildman–Crippen MR) is 91.7 cm³/mol. The zero-order valence-electron chi connectivity index (χ0n) is 12.5. The molecule has 0 aromatic heterocycles. The van der Waals surface area contributed by atoms with Crippen molar-refractivity contribution in [1.29, 1.82) is 0 Å². The smallest absolute Gasteiger partial charge is 0.186 e. The third-order valence-corrected chi connectivity index (χ3v) is 3.76. The summed E-state index contributed by atoms with van der Waals surface area (Å²) in [5, 5.41) is 0. The number of hydrogen-bond donors (Lipinski definition) is 0. The Labute approximate surface area is 138 Å². The minimum absolute atomic E-state index is 0.0728. The predicted octanol–water partition coefficient (Wildman–Crippen LogP) is 4.75. The fourth-order valence-corrected chi connectivity index (χ4v) is 2.55. The Morgan fingerprint density at radius 1 is 1.18 bits per heavy atom. The first-order valence-electron chi connectivity index (χ1n) is 6.94. The molecule has 0 aliphatic heterocycles. The SMILES string of the molecule is CCOc1cccc(/C=C/C(=O)c2ccccc2Br)c1OC. The van der Waals surface area contributed by atoms with Gasteiger partial charge >= 0.3 is 0 Å². The lowest BCUT2D eigenvalue weighted by Gasteiger charge is -2.11. The third kappa shape index (κ3) is 3.77. The summed E-state index contributed by atoms with van der Waals surface area (Å²) >= 11 is 3.38. The molecule has 0 fully saturated rings. The Kier molecular flexibility index (Phi) is 5.78.